The third-order valence-corrected chi connectivity index (χ3v) is 3.91. The van der Waals surface area contributed by atoms with Crippen molar-refractivity contribution in [3.8, 4) is 0 Å². The van der Waals surface area contributed by atoms with Gasteiger partial charge in [0.15, 0.2) is 0 Å². The second-order valence-corrected chi connectivity index (χ2v) is 5.58. The van der Waals surface area contributed by atoms with Gasteiger partial charge in [-0.3, -0.25) is 4.79 Å². The number of pyridine rings is 1. The molecule has 1 fully saturated rings. The number of likely N-dealkylation sites (tertiary alicyclic amines) is 1. The number of carbonyl (C=O) groups is 1. The summed E-state index contributed by atoms with van der Waals surface area (Å²) in [5, 5.41) is 3.02. The first-order chi connectivity index (χ1) is 9.58. The molecule has 5 nitrogen and oxygen atoms in total. The lowest BCUT2D eigenvalue weighted by Crippen LogP contribution is -2.36. The van der Waals surface area contributed by atoms with Crippen molar-refractivity contribution in [1.82, 2.24) is 15.2 Å². The van der Waals surface area contributed by atoms with Crippen molar-refractivity contribution in [3.05, 3.63) is 23.4 Å². The quantitative estimate of drug-likeness (QED) is 0.869. The van der Waals surface area contributed by atoms with E-state index in [0.29, 0.717) is 17.3 Å². The third-order valence-electron chi connectivity index (χ3n) is 3.91. The first kappa shape index (κ1) is 14.8. The fourth-order valence-electron chi connectivity index (χ4n) is 2.53. The normalized spacial score (nSPS) is 17.1. The van der Waals surface area contributed by atoms with Gasteiger partial charge in [-0.05, 0) is 57.5 Å². The molecule has 110 valence electrons. The minimum absolute atomic E-state index is 0.0484. The number of carbonyl (C=O) groups excluding carboxylic acids is 1. The van der Waals surface area contributed by atoms with Gasteiger partial charge in [-0.1, -0.05) is 6.92 Å². The van der Waals surface area contributed by atoms with E-state index in [2.05, 4.69) is 22.2 Å². The molecule has 1 aliphatic heterocycles. The molecule has 1 saturated heterocycles. The second kappa shape index (κ2) is 6.70. The van der Waals surface area contributed by atoms with E-state index < -0.39 is 0 Å². The van der Waals surface area contributed by atoms with E-state index in [4.69, 9.17) is 5.73 Å². The number of amides is 1. The van der Waals surface area contributed by atoms with E-state index in [0.717, 1.165) is 44.6 Å². The third kappa shape index (κ3) is 3.93. The SMILES string of the molecule is CCc1cc(C(=O)NCC2CCN(C)CC2)cc(N)n1. The first-order valence-electron chi connectivity index (χ1n) is 7.31. The van der Waals surface area contributed by atoms with Crippen molar-refractivity contribution in [2.24, 2.45) is 5.92 Å². The number of nitrogen functional groups attached to an aromatic ring is 1. The van der Waals surface area contributed by atoms with E-state index in [1.54, 1.807) is 6.07 Å². The summed E-state index contributed by atoms with van der Waals surface area (Å²) in [6, 6.07) is 3.46. The molecule has 20 heavy (non-hydrogen) atoms. The van der Waals surface area contributed by atoms with E-state index in [-0.39, 0.29) is 5.91 Å². The number of nitrogens with two attached hydrogens (primary N) is 1. The van der Waals surface area contributed by atoms with Crippen LogP contribution in [0.2, 0.25) is 0 Å². The monoisotopic (exact) mass is 276 g/mol. The zero-order valence-electron chi connectivity index (χ0n) is 12.4. The van der Waals surface area contributed by atoms with Gasteiger partial charge in [0, 0.05) is 17.8 Å². The van der Waals surface area contributed by atoms with Gasteiger partial charge >= 0.3 is 0 Å². The Kier molecular flexibility index (Phi) is 4.95. The molecule has 0 saturated carbocycles. The van der Waals surface area contributed by atoms with Crippen LogP contribution in [0.3, 0.4) is 0 Å². The highest BCUT2D eigenvalue weighted by Gasteiger charge is 2.17. The van der Waals surface area contributed by atoms with Crippen molar-refractivity contribution < 1.29 is 4.79 Å². The Labute approximate surface area is 120 Å². The predicted molar refractivity (Wildman–Crippen MR) is 80.6 cm³/mol. The first-order valence-corrected chi connectivity index (χ1v) is 7.31. The number of hydrogen-bond donors (Lipinski definition) is 2. The molecule has 1 aromatic rings. The number of nitrogens with zero attached hydrogens (tertiary/aromatic N) is 2. The average Bonchev–Trinajstić information content (AvgIpc) is 2.45. The molecule has 0 atom stereocenters. The molecule has 0 unspecified atom stereocenters. The van der Waals surface area contributed by atoms with Crippen molar-refractivity contribution >= 4 is 11.7 Å². The Morgan fingerprint density at radius 3 is 2.80 bits per heavy atom. The molecular weight excluding hydrogens is 252 g/mol. The summed E-state index contributed by atoms with van der Waals surface area (Å²) >= 11 is 0. The molecule has 5 heteroatoms. The van der Waals surface area contributed by atoms with Crippen molar-refractivity contribution in [2.45, 2.75) is 26.2 Å². The average molecular weight is 276 g/mol. The summed E-state index contributed by atoms with van der Waals surface area (Å²) in [5.74, 6) is 0.946. The van der Waals surface area contributed by atoms with Gasteiger partial charge in [-0.2, -0.15) is 0 Å². The fourth-order valence-corrected chi connectivity index (χ4v) is 2.53. The zero-order chi connectivity index (χ0) is 14.5. The number of aryl methyl sites for hydroxylation is 1. The van der Waals surface area contributed by atoms with Crippen LogP contribution in [0.15, 0.2) is 12.1 Å². The fraction of sp³-hybridized carbons (Fsp3) is 0.600. The summed E-state index contributed by atoms with van der Waals surface area (Å²) in [6.45, 7) is 4.98. The number of aromatic nitrogens is 1. The maximum absolute atomic E-state index is 12.2. The van der Waals surface area contributed by atoms with E-state index in [1.165, 1.54) is 0 Å². The number of hydrogen-bond acceptors (Lipinski definition) is 4. The molecule has 0 radical (unpaired) electrons. The molecule has 1 aromatic heterocycles. The Hall–Kier alpha value is -1.62. The van der Waals surface area contributed by atoms with Crippen molar-refractivity contribution in [3.63, 3.8) is 0 Å². The maximum atomic E-state index is 12.2. The summed E-state index contributed by atoms with van der Waals surface area (Å²) in [7, 11) is 2.14. The molecule has 1 amide bonds. The lowest BCUT2D eigenvalue weighted by atomic mass is 9.97. The van der Waals surface area contributed by atoms with Gasteiger partial charge in [0.2, 0.25) is 0 Å². The van der Waals surface area contributed by atoms with Crippen LogP contribution in [-0.4, -0.2) is 42.5 Å². The topological polar surface area (TPSA) is 71.2 Å². The largest absolute Gasteiger partial charge is 0.384 e. The van der Waals surface area contributed by atoms with E-state index in [1.807, 2.05) is 13.0 Å². The van der Waals surface area contributed by atoms with Crippen LogP contribution in [0.5, 0.6) is 0 Å². The van der Waals surface area contributed by atoms with Crippen LogP contribution in [0.4, 0.5) is 5.82 Å². The summed E-state index contributed by atoms with van der Waals surface area (Å²) in [5.41, 5.74) is 7.20. The van der Waals surface area contributed by atoms with Crippen molar-refractivity contribution in [1.29, 1.82) is 0 Å². The van der Waals surface area contributed by atoms with E-state index in [9.17, 15) is 4.79 Å². The molecule has 2 rings (SSSR count). The number of piperidine rings is 1. The van der Waals surface area contributed by atoms with Crippen LogP contribution in [0.25, 0.3) is 0 Å². The van der Waals surface area contributed by atoms with E-state index >= 15 is 0 Å². The molecule has 0 aromatic carbocycles. The smallest absolute Gasteiger partial charge is 0.251 e. The highest BCUT2D eigenvalue weighted by atomic mass is 16.1. The molecule has 0 spiro atoms. The van der Waals surface area contributed by atoms with Gasteiger partial charge < -0.3 is 16.0 Å². The summed E-state index contributed by atoms with van der Waals surface area (Å²) in [6.07, 6.45) is 3.07. The Morgan fingerprint density at radius 1 is 1.45 bits per heavy atom. The Balaban J connectivity index is 1.90. The standard InChI is InChI=1S/C15H24N4O/c1-3-13-8-12(9-14(16)18-13)15(20)17-10-11-4-6-19(2)7-5-11/h8-9,11H,3-7,10H2,1-2H3,(H2,16,18)(H,17,20). The van der Waals surface area contributed by atoms with Gasteiger partial charge in [0.1, 0.15) is 5.82 Å². The Morgan fingerprint density at radius 2 is 2.15 bits per heavy atom. The minimum atomic E-state index is -0.0484. The van der Waals surface area contributed by atoms with Gasteiger partial charge in [0.05, 0.1) is 0 Å². The maximum Gasteiger partial charge on any atom is 0.251 e. The van der Waals surface area contributed by atoms with Crippen LogP contribution in [0, 0.1) is 5.92 Å². The predicted octanol–water partition coefficient (Wildman–Crippen LogP) is 1.30. The number of anilines is 1. The molecule has 2 heterocycles. The molecule has 1 aliphatic rings. The van der Waals surface area contributed by atoms with Crippen molar-refractivity contribution in [2.75, 3.05) is 32.4 Å². The van der Waals surface area contributed by atoms with Crippen LogP contribution in [-0.2, 0) is 6.42 Å². The summed E-state index contributed by atoms with van der Waals surface area (Å²) < 4.78 is 0. The molecule has 3 N–H and O–H groups in total. The molecule has 0 bridgehead atoms. The molecule has 0 aliphatic carbocycles. The van der Waals surface area contributed by atoms with Crippen LogP contribution < -0.4 is 11.1 Å². The van der Waals surface area contributed by atoms with Gasteiger partial charge in [0.25, 0.3) is 5.91 Å². The highest BCUT2D eigenvalue weighted by molar-refractivity contribution is 5.94. The minimum Gasteiger partial charge on any atom is -0.384 e. The highest BCUT2D eigenvalue weighted by Crippen LogP contribution is 2.15. The zero-order valence-corrected chi connectivity index (χ0v) is 12.4. The second-order valence-electron chi connectivity index (χ2n) is 5.58. The molecular formula is C15H24N4O. The van der Waals surface area contributed by atoms with Crippen LogP contribution >= 0.6 is 0 Å². The number of nitrogens with one attached hydrogen (secondary N) is 1. The van der Waals surface area contributed by atoms with Gasteiger partial charge in [-0.25, -0.2) is 4.98 Å². The van der Waals surface area contributed by atoms with Gasteiger partial charge in [-0.15, -0.1) is 0 Å². The lowest BCUT2D eigenvalue weighted by molar-refractivity contribution is 0.0939. The lowest BCUT2D eigenvalue weighted by Gasteiger charge is -2.28. The van der Waals surface area contributed by atoms with Crippen LogP contribution in [0.1, 0.15) is 35.8 Å². The Bertz CT molecular complexity index is 467. The summed E-state index contributed by atoms with van der Waals surface area (Å²) in [4.78, 5) is 18.7. The number of rotatable bonds is 4.